The monoisotopic (exact) mass is 360 g/mol. The quantitative estimate of drug-likeness (QED) is 0.823. The van der Waals surface area contributed by atoms with E-state index < -0.39 is 16.1 Å². The van der Waals surface area contributed by atoms with Crippen LogP contribution in [0, 0.1) is 6.92 Å². The molecule has 2 aromatic rings. The maximum atomic E-state index is 12.4. The average Bonchev–Trinajstić information content (AvgIpc) is 2.60. The fourth-order valence-electron chi connectivity index (χ4n) is 3.21. The van der Waals surface area contributed by atoms with Gasteiger partial charge in [0, 0.05) is 26.2 Å². The van der Waals surface area contributed by atoms with Crippen LogP contribution in [0.1, 0.15) is 16.7 Å². The van der Waals surface area contributed by atoms with Crippen molar-refractivity contribution in [2.75, 3.05) is 19.6 Å². The van der Waals surface area contributed by atoms with Gasteiger partial charge in [-0.1, -0.05) is 42.5 Å². The Kier molecular flexibility index (Phi) is 5.54. The van der Waals surface area contributed by atoms with Gasteiger partial charge < -0.3 is 5.11 Å². The zero-order valence-electron chi connectivity index (χ0n) is 14.4. The largest absolute Gasteiger partial charge is 0.390 e. The number of hydrogen-bond acceptors (Lipinski definition) is 4. The van der Waals surface area contributed by atoms with Crippen LogP contribution in [0.4, 0.5) is 0 Å². The van der Waals surface area contributed by atoms with Gasteiger partial charge in [0.1, 0.15) is 0 Å². The average molecular weight is 360 g/mol. The topological polar surface area (TPSA) is 69.6 Å². The summed E-state index contributed by atoms with van der Waals surface area (Å²) in [6, 6.07) is 15.1. The molecule has 1 aliphatic rings. The second-order valence-electron chi connectivity index (χ2n) is 6.53. The first kappa shape index (κ1) is 18.1. The van der Waals surface area contributed by atoms with Crippen LogP contribution in [0.2, 0.25) is 0 Å². The first-order chi connectivity index (χ1) is 12.0. The van der Waals surface area contributed by atoms with Crippen LogP contribution in [0.15, 0.2) is 53.4 Å². The molecule has 0 saturated heterocycles. The van der Waals surface area contributed by atoms with E-state index in [2.05, 4.69) is 21.8 Å². The molecule has 0 amide bonds. The smallest absolute Gasteiger partial charge is 0.240 e. The SMILES string of the molecule is Cc1ccccc1S(=O)(=O)NCC(O)CN1CCc2ccccc2C1. The summed E-state index contributed by atoms with van der Waals surface area (Å²) in [6.07, 6.45) is 0.210. The summed E-state index contributed by atoms with van der Waals surface area (Å²) in [5.74, 6) is 0. The van der Waals surface area contributed by atoms with Gasteiger partial charge in [0.15, 0.2) is 0 Å². The molecule has 25 heavy (non-hydrogen) atoms. The number of nitrogens with zero attached hydrogens (tertiary/aromatic N) is 1. The molecule has 1 aliphatic heterocycles. The van der Waals surface area contributed by atoms with Crippen molar-refractivity contribution in [2.24, 2.45) is 0 Å². The lowest BCUT2D eigenvalue weighted by Gasteiger charge is -2.30. The van der Waals surface area contributed by atoms with Crippen LogP contribution in [-0.2, 0) is 23.0 Å². The van der Waals surface area contributed by atoms with Crippen LogP contribution < -0.4 is 4.72 Å². The maximum absolute atomic E-state index is 12.4. The van der Waals surface area contributed by atoms with E-state index in [0.717, 1.165) is 19.5 Å². The number of β-amino-alcohol motifs (C(OH)–C–C–N with tert-alkyl or cyclic N) is 1. The summed E-state index contributed by atoms with van der Waals surface area (Å²) in [5, 5.41) is 10.3. The third-order valence-corrected chi connectivity index (χ3v) is 6.15. The summed E-state index contributed by atoms with van der Waals surface area (Å²) in [6.45, 7) is 3.88. The number of aliphatic hydroxyl groups is 1. The Morgan fingerprint density at radius 1 is 1.12 bits per heavy atom. The molecule has 5 nitrogen and oxygen atoms in total. The van der Waals surface area contributed by atoms with E-state index in [1.807, 2.05) is 12.1 Å². The van der Waals surface area contributed by atoms with Crippen LogP contribution in [0.5, 0.6) is 0 Å². The highest BCUT2D eigenvalue weighted by Crippen LogP contribution is 2.18. The molecule has 0 bridgehead atoms. The van der Waals surface area contributed by atoms with Gasteiger partial charge in [-0.15, -0.1) is 0 Å². The van der Waals surface area contributed by atoms with E-state index >= 15 is 0 Å². The zero-order valence-corrected chi connectivity index (χ0v) is 15.2. The molecule has 6 heteroatoms. The molecular weight excluding hydrogens is 336 g/mol. The predicted octanol–water partition coefficient (Wildman–Crippen LogP) is 1.69. The number of rotatable bonds is 6. The van der Waals surface area contributed by atoms with E-state index in [1.54, 1.807) is 31.2 Å². The molecule has 2 aromatic carbocycles. The molecule has 1 heterocycles. The first-order valence-corrected chi connectivity index (χ1v) is 9.96. The highest BCUT2D eigenvalue weighted by molar-refractivity contribution is 7.89. The van der Waals surface area contributed by atoms with Crippen LogP contribution in [0.25, 0.3) is 0 Å². The second kappa shape index (κ2) is 7.66. The second-order valence-corrected chi connectivity index (χ2v) is 8.26. The van der Waals surface area contributed by atoms with Crippen molar-refractivity contribution < 1.29 is 13.5 Å². The van der Waals surface area contributed by atoms with Gasteiger partial charge in [0.25, 0.3) is 0 Å². The number of nitrogens with one attached hydrogen (secondary N) is 1. The van der Waals surface area contributed by atoms with Gasteiger partial charge in [0.2, 0.25) is 10.0 Å². The highest BCUT2D eigenvalue weighted by atomic mass is 32.2. The molecule has 0 aromatic heterocycles. The summed E-state index contributed by atoms with van der Waals surface area (Å²) in [5.41, 5.74) is 3.33. The normalized spacial score (nSPS) is 16.4. The Balaban J connectivity index is 1.55. The van der Waals surface area contributed by atoms with Gasteiger partial charge in [-0.05, 0) is 36.1 Å². The number of aliphatic hydroxyl groups excluding tert-OH is 1. The third-order valence-electron chi connectivity index (χ3n) is 4.57. The van der Waals surface area contributed by atoms with Gasteiger partial charge in [-0.25, -0.2) is 13.1 Å². The lowest BCUT2D eigenvalue weighted by Crippen LogP contribution is -2.42. The molecular formula is C19H24N2O3S. The first-order valence-electron chi connectivity index (χ1n) is 8.48. The lowest BCUT2D eigenvalue weighted by atomic mass is 10.00. The minimum Gasteiger partial charge on any atom is -0.390 e. The lowest BCUT2D eigenvalue weighted by molar-refractivity contribution is 0.108. The highest BCUT2D eigenvalue weighted by Gasteiger charge is 2.21. The summed E-state index contributed by atoms with van der Waals surface area (Å²) >= 11 is 0. The van der Waals surface area contributed by atoms with E-state index in [1.165, 1.54) is 11.1 Å². The molecule has 0 aliphatic carbocycles. The van der Waals surface area contributed by atoms with Gasteiger partial charge in [-0.2, -0.15) is 0 Å². The predicted molar refractivity (Wildman–Crippen MR) is 97.8 cm³/mol. The van der Waals surface area contributed by atoms with Gasteiger partial charge >= 0.3 is 0 Å². The van der Waals surface area contributed by atoms with Gasteiger partial charge in [0.05, 0.1) is 11.0 Å². The maximum Gasteiger partial charge on any atom is 0.240 e. The molecule has 3 rings (SSSR count). The summed E-state index contributed by atoms with van der Waals surface area (Å²) in [7, 11) is -3.60. The van der Waals surface area contributed by atoms with Crippen LogP contribution >= 0.6 is 0 Å². The number of benzene rings is 2. The van der Waals surface area contributed by atoms with E-state index in [4.69, 9.17) is 0 Å². The minimum absolute atomic E-state index is 0.00874. The van der Waals surface area contributed by atoms with E-state index in [-0.39, 0.29) is 11.4 Å². The Morgan fingerprint density at radius 3 is 2.56 bits per heavy atom. The van der Waals surface area contributed by atoms with Crippen LogP contribution in [-0.4, -0.2) is 44.2 Å². The van der Waals surface area contributed by atoms with Crippen molar-refractivity contribution in [2.45, 2.75) is 30.9 Å². The molecule has 2 N–H and O–H groups in total. The third kappa shape index (κ3) is 4.46. The Morgan fingerprint density at radius 2 is 1.80 bits per heavy atom. The van der Waals surface area contributed by atoms with Crippen molar-refractivity contribution in [1.82, 2.24) is 9.62 Å². The van der Waals surface area contributed by atoms with Crippen molar-refractivity contribution in [3.8, 4) is 0 Å². The molecule has 0 fully saturated rings. The van der Waals surface area contributed by atoms with E-state index in [9.17, 15) is 13.5 Å². The summed E-state index contributed by atoms with van der Waals surface area (Å²) in [4.78, 5) is 2.42. The fraction of sp³-hybridized carbons (Fsp3) is 0.368. The molecule has 0 spiro atoms. The van der Waals surface area contributed by atoms with Crippen molar-refractivity contribution in [3.63, 3.8) is 0 Å². The molecule has 1 unspecified atom stereocenters. The number of hydrogen-bond donors (Lipinski definition) is 2. The molecule has 1 atom stereocenters. The Hall–Kier alpha value is -1.73. The minimum atomic E-state index is -3.60. The molecule has 0 saturated carbocycles. The number of aryl methyl sites for hydroxylation is 1. The van der Waals surface area contributed by atoms with Gasteiger partial charge in [-0.3, -0.25) is 4.90 Å². The van der Waals surface area contributed by atoms with Crippen molar-refractivity contribution in [1.29, 1.82) is 0 Å². The number of sulfonamides is 1. The van der Waals surface area contributed by atoms with E-state index in [0.29, 0.717) is 12.1 Å². The Bertz CT molecular complexity index is 836. The molecule has 0 radical (unpaired) electrons. The Labute approximate surface area is 149 Å². The molecule has 134 valence electrons. The fourth-order valence-corrected chi connectivity index (χ4v) is 4.53. The standard InChI is InChI=1S/C19H24N2O3S/c1-15-6-2-5-9-19(15)25(23,24)20-12-18(22)14-21-11-10-16-7-3-4-8-17(16)13-21/h2-9,18,20,22H,10-14H2,1H3. The van der Waals surface area contributed by atoms with Crippen molar-refractivity contribution in [3.05, 3.63) is 65.2 Å². The zero-order chi connectivity index (χ0) is 17.9. The summed E-state index contributed by atoms with van der Waals surface area (Å²) < 4.78 is 27.3. The van der Waals surface area contributed by atoms with Crippen molar-refractivity contribution >= 4 is 10.0 Å². The number of fused-ring (bicyclic) bond motifs is 1. The van der Waals surface area contributed by atoms with Crippen LogP contribution in [0.3, 0.4) is 0 Å².